The monoisotopic (exact) mass is 382 g/mol. The van der Waals surface area contributed by atoms with Gasteiger partial charge in [-0.15, -0.1) is 11.8 Å². The summed E-state index contributed by atoms with van der Waals surface area (Å²) in [5, 5.41) is 6.43. The number of urea groups is 1. The lowest BCUT2D eigenvalue weighted by molar-refractivity contribution is 0.262. The SMILES string of the molecule is Cc1cc(SC(C)(C)C)ccc1NC(=O)Nc1ccc(Cl)c(Cl)c1. The van der Waals surface area contributed by atoms with E-state index >= 15 is 0 Å². The van der Waals surface area contributed by atoms with Gasteiger partial charge < -0.3 is 10.6 Å². The van der Waals surface area contributed by atoms with Crippen molar-refractivity contribution in [2.24, 2.45) is 0 Å². The van der Waals surface area contributed by atoms with Crippen LogP contribution in [-0.4, -0.2) is 10.8 Å². The number of aryl methyl sites for hydroxylation is 1. The van der Waals surface area contributed by atoms with Crippen molar-refractivity contribution in [3.8, 4) is 0 Å². The number of amides is 2. The van der Waals surface area contributed by atoms with Gasteiger partial charge in [-0.05, 0) is 48.9 Å². The smallest absolute Gasteiger partial charge is 0.308 e. The molecule has 2 aromatic carbocycles. The van der Waals surface area contributed by atoms with Gasteiger partial charge in [0.25, 0.3) is 0 Å². The number of thioether (sulfide) groups is 1. The first-order valence-electron chi connectivity index (χ1n) is 7.47. The molecule has 0 radical (unpaired) electrons. The van der Waals surface area contributed by atoms with Crippen LogP contribution in [0.1, 0.15) is 26.3 Å². The number of carbonyl (C=O) groups excluding carboxylic acids is 1. The third-order valence-electron chi connectivity index (χ3n) is 3.05. The van der Waals surface area contributed by atoms with E-state index in [0.717, 1.165) is 11.3 Å². The van der Waals surface area contributed by atoms with Gasteiger partial charge in [0.1, 0.15) is 0 Å². The number of benzene rings is 2. The Morgan fingerprint density at radius 3 is 2.29 bits per heavy atom. The van der Waals surface area contributed by atoms with Crippen LogP contribution in [0.4, 0.5) is 16.2 Å². The average molecular weight is 383 g/mol. The molecule has 24 heavy (non-hydrogen) atoms. The number of rotatable bonds is 3. The lowest BCUT2D eigenvalue weighted by Crippen LogP contribution is -2.20. The standard InChI is InChI=1S/C18H20Cl2N2OS/c1-11-9-13(24-18(2,3)4)6-8-16(11)22-17(23)21-12-5-7-14(19)15(20)10-12/h5-10H,1-4H3,(H2,21,22,23). The van der Waals surface area contributed by atoms with Crippen LogP contribution < -0.4 is 10.6 Å². The maximum atomic E-state index is 12.1. The Kier molecular flexibility index (Phi) is 6.07. The van der Waals surface area contributed by atoms with Gasteiger partial charge in [-0.3, -0.25) is 0 Å². The van der Waals surface area contributed by atoms with Crippen LogP contribution >= 0.6 is 35.0 Å². The first-order valence-corrected chi connectivity index (χ1v) is 9.04. The van der Waals surface area contributed by atoms with Crippen molar-refractivity contribution >= 4 is 52.4 Å². The summed E-state index contributed by atoms with van der Waals surface area (Å²) in [7, 11) is 0. The van der Waals surface area contributed by atoms with E-state index in [2.05, 4.69) is 37.5 Å². The van der Waals surface area contributed by atoms with Gasteiger partial charge in [0.15, 0.2) is 0 Å². The maximum absolute atomic E-state index is 12.1. The summed E-state index contributed by atoms with van der Waals surface area (Å²) < 4.78 is 0.145. The second-order valence-electron chi connectivity index (χ2n) is 6.40. The molecule has 6 heteroatoms. The molecule has 0 atom stereocenters. The molecule has 0 fully saturated rings. The number of nitrogens with one attached hydrogen (secondary N) is 2. The van der Waals surface area contributed by atoms with Crippen molar-refractivity contribution in [2.45, 2.75) is 37.3 Å². The van der Waals surface area contributed by atoms with Crippen molar-refractivity contribution in [1.29, 1.82) is 0 Å². The van der Waals surface area contributed by atoms with Gasteiger partial charge >= 0.3 is 6.03 Å². The van der Waals surface area contributed by atoms with E-state index in [1.165, 1.54) is 4.90 Å². The highest BCUT2D eigenvalue weighted by molar-refractivity contribution is 8.00. The zero-order chi connectivity index (χ0) is 17.9. The molecular formula is C18H20Cl2N2OS. The van der Waals surface area contributed by atoms with Crippen molar-refractivity contribution < 1.29 is 4.79 Å². The Balaban J connectivity index is 2.04. The summed E-state index contributed by atoms with van der Waals surface area (Å²) in [6.07, 6.45) is 0. The molecule has 3 nitrogen and oxygen atoms in total. The molecule has 0 aliphatic heterocycles. The summed E-state index contributed by atoms with van der Waals surface area (Å²) >= 11 is 13.6. The second kappa shape index (κ2) is 7.68. The number of hydrogen-bond donors (Lipinski definition) is 2. The van der Waals surface area contributed by atoms with E-state index in [4.69, 9.17) is 23.2 Å². The molecule has 0 aliphatic carbocycles. The second-order valence-corrected chi connectivity index (χ2v) is 9.11. The number of carbonyl (C=O) groups is 1. The Morgan fingerprint density at radius 2 is 1.71 bits per heavy atom. The lowest BCUT2D eigenvalue weighted by atomic mass is 10.2. The van der Waals surface area contributed by atoms with Gasteiger partial charge in [0, 0.05) is 21.0 Å². The molecule has 128 valence electrons. The molecule has 0 bridgehead atoms. The van der Waals surface area contributed by atoms with Crippen LogP contribution in [0.25, 0.3) is 0 Å². The molecule has 0 unspecified atom stereocenters. The molecule has 2 N–H and O–H groups in total. The van der Waals surface area contributed by atoms with E-state index in [9.17, 15) is 4.79 Å². The quantitative estimate of drug-likeness (QED) is 0.570. The first-order chi connectivity index (χ1) is 11.1. The summed E-state index contributed by atoms with van der Waals surface area (Å²) in [4.78, 5) is 13.3. The highest BCUT2D eigenvalue weighted by Gasteiger charge is 2.13. The van der Waals surface area contributed by atoms with Crippen LogP contribution in [0, 0.1) is 6.92 Å². The van der Waals surface area contributed by atoms with E-state index < -0.39 is 0 Å². The minimum atomic E-state index is -0.326. The molecule has 0 heterocycles. The topological polar surface area (TPSA) is 41.1 Å². The molecule has 0 saturated heterocycles. The van der Waals surface area contributed by atoms with Gasteiger partial charge in [-0.1, -0.05) is 44.0 Å². The van der Waals surface area contributed by atoms with Crippen LogP contribution in [0.3, 0.4) is 0 Å². The molecule has 0 spiro atoms. The minimum absolute atomic E-state index is 0.145. The third-order valence-corrected chi connectivity index (χ3v) is 4.89. The highest BCUT2D eigenvalue weighted by atomic mass is 35.5. The lowest BCUT2D eigenvalue weighted by Gasteiger charge is -2.18. The predicted molar refractivity (Wildman–Crippen MR) is 106 cm³/mol. The van der Waals surface area contributed by atoms with Crippen LogP contribution in [-0.2, 0) is 0 Å². The molecular weight excluding hydrogens is 363 g/mol. The molecule has 2 rings (SSSR count). The van der Waals surface area contributed by atoms with Crippen molar-refractivity contribution in [2.75, 3.05) is 10.6 Å². The molecule has 0 aliphatic rings. The third kappa shape index (κ3) is 5.62. The fourth-order valence-electron chi connectivity index (χ4n) is 2.05. The normalized spacial score (nSPS) is 11.2. The summed E-state index contributed by atoms with van der Waals surface area (Å²) in [5.74, 6) is 0. The van der Waals surface area contributed by atoms with E-state index in [0.29, 0.717) is 15.7 Å². The number of halogens is 2. The largest absolute Gasteiger partial charge is 0.323 e. The Bertz CT molecular complexity index is 757. The minimum Gasteiger partial charge on any atom is -0.308 e. The Hall–Kier alpha value is -1.36. The van der Waals surface area contributed by atoms with Gasteiger partial charge in [-0.25, -0.2) is 4.79 Å². The van der Waals surface area contributed by atoms with Gasteiger partial charge in [-0.2, -0.15) is 0 Å². The number of hydrogen-bond acceptors (Lipinski definition) is 2. The average Bonchev–Trinajstić information content (AvgIpc) is 2.44. The zero-order valence-electron chi connectivity index (χ0n) is 14.0. The van der Waals surface area contributed by atoms with Crippen LogP contribution in [0.15, 0.2) is 41.3 Å². The highest BCUT2D eigenvalue weighted by Crippen LogP contribution is 2.33. The summed E-state index contributed by atoms with van der Waals surface area (Å²) in [6, 6.07) is 10.6. The first kappa shape index (κ1) is 19.0. The van der Waals surface area contributed by atoms with Crippen molar-refractivity contribution in [3.05, 3.63) is 52.0 Å². The zero-order valence-corrected chi connectivity index (χ0v) is 16.4. The van der Waals surface area contributed by atoms with Crippen LogP contribution in [0.2, 0.25) is 10.0 Å². The fourth-order valence-corrected chi connectivity index (χ4v) is 3.43. The van der Waals surface area contributed by atoms with Gasteiger partial charge in [0.05, 0.1) is 10.0 Å². The van der Waals surface area contributed by atoms with E-state index in [1.54, 1.807) is 30.0 Å². The fraction of sp³-hybridized carbons (Fsp3) is 0.278. The van der Waals surface area contributed by atoms with E-state index in [1.807, 2.05) is 19.1 Å². The predicted octanol–water partition coefficient (Wildman–Crippen LogP) is 6.84. The van der Waals surface area contributed by atoms with Crippen molar-refractivity contribution in [1.82, 2.24) is 0 Å². The van der Waals surface area contributed by atoms with Crippen LogP contribution in [0.5, 0.6) is 0 Å². The summed E-state index contributed by atoms with van der Waals surface area (Å²) in [5.41, 5.74) is 2.36. The molecule has 2 aromatic rings. The molecule has 0 aromatic heterocycles. The Morgan fingerprint density at radius 1 is 1.00 bits per heavy atom. The van der Waals surface area contributed by atoms with Crippen molar-refractivity contribution in [3.63, 3.8) is 0 Å². The molecule has 0 saturated carbocycles. The Labute approximate surface area is 157 Å². The summed E-state index contributed by atoms with van der Waals surface area (Å²) in [6.45, 7) is 8.49. The molecule has 2 amide bonds. The van der Waals surface area contributed by atoms with Gasteiger partial charge in [0.2, 0.25) is 0 Å². The number of anilines is 2. The van der Waals surface area contributed by atoms with E-state index in [-0.39, 0.29) is 10.8 Å². The maximum Gasteiger partial charge on any atom is 0.323 e.